The number of amides is 3. The van der Waals surface area contributed by atoms with Crippen molar-refractivity contribution in [1.82, 2.24) is 10.2 Å². The first kappa shape index (κ1) is 21.0. The highest BCUT2D eigenvalue weighted by Crippen LogP contribution is 2.33. The Labute approximate surface area is 178 Å². The maximum Gasteiger partial charge on any atom is 0.293 e. The SMILES string of the molecule is CN(CC(=O)NCCN1C(=O)S/C(=C\c2ccccc2Cl)C1=O)c1ccccc1. The molecule has 0 saturated carbocycles. The Bertz CT molecular complexity index is 949. The van der Waals surface area contributed by atoms with Gasteiger partial charge in [-0.25, -0.2) is 0 Å². The monoisotopic (exact) mass is 429 g/mol. The lowest BCUT2D eigenvalue weighted by Crippen LogP contribution is -2.40. The van der Waals surface area contributed by atoms with E-state index in [4.69, 9.17) is 11.6 Å². The number of nitrogens with zero attached hydrogens (tertiary/aromatic N) is 2. The van der Waals surface area contributed by atoms with Gasteiger partial charge < -0.3 is 10.2 Å². The molecule has 2 aromatic carbocycles. The van der Waals surface area contributed by atoms with E-state index >= 15 is 0 Å². The van der Waals surface area contributed by atoms with Crippen LogP contribution in [-0.4, -0.2) is 48.6 Å². The van der Waals surface area contributed by atoms with Crippen molar-refractivity contribution in [3.63, 3.8) is 0 Å². The van der Waals surface area contributed by atoms with Crippen LogP contribution < -0.4 is 10.2 Å². The van der Waals surface area contributed by atoms with Crippen molar-refractivity contribution >= 4 is 52.2 Å². The van der Waals surface area contributed by atoms with Gasteiger partial charge in [-0.15, -0.1) is 0 Å². The Morgan fingerprint density at radius 3 is 2.55 bits per heavy atom. The fourth-order valence-electron chi connectivity index (χ4n) is 2.78. The number of imide groups is 1. The van der Waals surface area contributed by atoms with E-state index in [9.17, 15) is 14.4 Å². The Hall–Kier alpha value is -2.77. The van der Waals surface area contributed by atoms with Crippen LogP contribution in [0.2, 0.25) is 5.02 Å². The maximum absolute atomic E-state index is 12.5. The summed E-state index contributed by atoms with van der Waals surface area (Å²) >= 11 is 6.98. The topological polar surface area (TPSA) is 69.7 Å². The van der Waals surface area contributed by atoms with Crippen LogP contribution in [0.15, 0.2) is 59.5 Å². The lowest BCUT2D eigenvalue weighted by Gasteiger charge is -2.19. The van der Waals surface area contributed by atoms with Crippen LogP contribution in [-0.2, 0) is 9.59 Å². The normalized spacial score (nSPS) is 15.1. The van der Waals surface area contributed by atoms with Crippen molar-refractivity contribution < 1.29 is 14.4 Å². The molecule has 0 bridgehead atoms. The number of para-hydroxylation sites is 1. The highest BCUT2D eigenvalue weighted by Gasteiger charge is 2.34. The van der Waals surface area contributed by atoms with Gasteiger partial charge in [-0.2, -0.15) is 0 Å². The predicted molar refractivity (Wildman–Crippen MR) is 117 cm³/mol. The molecule has 1 fully saturated rings. The summed E-state index contributed by atoms with van der Waals surface area (Å²) in [6.45, 7) is 0.489. The van der Waals surface area contributed by atoms with E-state index in [1.54, 1.807) is 24.3 Å². The van der Waals surface area contributed by atoms with Gasteiger partial charge in [0.2, 0.25) is 5.91 Å². The minimum Gasteiger partial charge on any atom is -0.365 e. The van der Waals surface area contributed by atoms with Gasteiger partial charge >= 0.3 is 0 Å². The fraction of sp³-hybridized carbons (Fsp3) is 0.190. The first-order valence-electron chi connectivity index (χ1n) is 8.98. The number of anilines is 1. The van der Waals surface area contributed by atoms with Gasteiger partial charge in [0.05, 0.1) is 11.4 Å². The van der Waals surface area contributed by atoms with Crippen LogP contribution in [0.4, 0.5) is 10.5 Å². The third-order valence-corrected chi connectivity index (χ3v) is 5.55. The number of carbonyl (C=O) groups excluding carboxylic acids is 3. The number of rotatable bonds is 7. The lowest BCUT2D eigenvalue weighted by molar-refractivity contribution is -0.124. The smallest absolute Gasteiger partial charge is 0.293 e. The zero-order valence-electron chi connectivity index (χ0n) is 15.8. The zero-order valence-corrected chi connectivity index (χ0v) is 17.4. The van der Waals surface area contributed by atoms with E-state index in [0.29, 0.717) is 15.5 Å². The molecule has 0 unspecified atom stereocenters. The van der Waals surface area contributed by atoms with Gasteiger partial charge in [0.1, 0.15) is 0 Å². The van der Waals surface area contributed by atoms with E-state index in [-0.39, 0.29) is 36.7 Å². The summed E-state index contributed by atoms with van der Waals surface area (Å²) in [4.78, 5) is 40.1. The molecule has 3 rings (SSSR count). The van der Waals surface area contributed by atoms with E-state index in [2.05, 4.69) is 5.32 Å². The number of thioether (sulfide) groups is 1. The zero-order chi connectivity index (χ0) is 20.8. The number of likely N-dealkylation sites (N-methyl/N-ethyl adjacent to an activating group) is 1. The van der Waals surface area contributed by atoms with Gasteiger partial charge in [0, 0.05) is 30.8 Å². The van der Waals surface area contributed by atoms with Crippen molar-refractivity contribution in [2.45, 2.75) is 0 Å². The first-order chi connectivity index (χ1) is 14.0. The molecule has 0 atom stereocenters. The molecule has 2 aromatic rings. The predicted octanol–water partition coefficient (Wildman–Crippen LogP) is 3.63. The number of hydrogen-bond donors (Lipinski definition) is 1. The van der Waals surface area contributed by atoms with Crippen molar-refractivity contribution in [3.8, 4) is 0 Å². The second-order valence-corrected chi connectivity index (χ2v) is 7.80. The van der Waals surface area contributed by atoms with E-state index < -0.39 is 0 Å². The van der Waals surface area contributed by atoms with Crippen molar-refractivity contribution in [1.29, 1.82) is 0 Å². The summed E-state index contributed by atoms with van der Waals surface area (Å²) in [7, 11) is 1.82. The van der Waals surface area contributed by atoms with Crippen molar-refractivity contribution in [2.75, 3.05) is 31.6 Å². The average Bonchev–Trinajstić information content (AvgIpc) is 2.97. The van der Waals surface area contributed by atoms with Crippen LogP contribution in [0.3, 0.4) is 0 Å². The molecule has 1 aliphatic rings. The van der Waals surface area contributed by atoms with Crippen LogP contribution in [0.1, 0.15) is 5.56 Å². The Balaban J connectivity index is 1.52. The third-order valence-electron chi connectivity index (χ3n) is 4.30. The van der Waals surface area contributed by atoms with E-state index in [1.165, 1.54) is 0 Å². The summed E-state index contributed by atoms with van der Waals surface area (Å²) in [6.07, 6.45) is 1.61. The first-order valence-corrected chi connectivity index (χ1v) is 10.2. The molecule has 150 valence electrons. The summed E-state index contributed by atoms with van der Waals surface area (Å²) in [5.41, 5.74) is 1.61. The van der Waals surface area contributed by atoms with Gasteiger partial charge in [-0.3, -0.25) is 19.3 Å². The average molecular weight is 430 g/mol. The number of hydrogen-bond acceptors (Lipinski definition) is 5. The second-order valence-electron chi connectivity index (χ2n) is 6.40. The van der Waals surface area contributed by atoms with Crippen molar-refractivity contribution in [2.24, 2.45) is 0 Å². The fourth-order valence-corrected chi connectivity index (χ4v) is 3.82. The Kier molecular flexibility index (Phi) is 6.95. The van der Waals surface area contributed by atoms with Crippen LogP contribution in [0, 0.1) is 0 Å². The number of benzene rings is 2. The summed E-state index contributed by atoms with van der Waals surface area (Å²) < 4.78 is 0. The van der Waals surface area contributed by atoms with Gasteiger partial charge in [0.15, 0.2) is 0 Å². The number of halogens is 1. The molecule has 1 aliphatic heterocycles. The van der Waals surface area contributed by atoms with Crippen molar-refractivity contribution in [3.05, 3.63) is 70.1 Å². The van der Waals surface area contributed by atoms with Crippen LogP contribution in [0.5, 0.6) is 0 Å². The molecule has 0 aromatic heterocycles. The van der Waals surface area contributed by atoms with Crippen LogP contribution in [0.25, 0.3) is 6.08 Å². The van der Waals surface area contributed by atoms with Crippen LogP contribution >= 0.6 is 23.4 Å². The maximum atomic E-state index is 12.5. The second kappa shape index (κ2) is 9.62. The quantitative estimate of drug-likeness (QED) is 0.680. The molecule has 6 nitrogen and oxygen atoms in total. The molecule has 1 heterocycles. The minimum atomic E-state index is -0.379. The molecule has 3 amide bonds. The van der Waals surface area contributed by atoms with Gasteiger partial charge in [-0.1, -0.05) is 48.0 Å². The molecule has 8 heteroatoms. The summed E-state index contributed by atoms with van der Waals surface area (Å²) in [5.74, 6) is -0.564. The molecular weight excluding hydrogens is 410 g/mol. The molecule has 0 aliphatic carbocycles. The highest BCUT2D eigenvalue weighted by molar-refractivity contribution is 8.18. The number of nitrogens with one attached hydrogen (secondary N) is 1. The standard InChI is InChI=1S/C21H20ClN3O3S/c1-24(16-8-3-2-4-9-16)14-19(26)23-11-12-25-20(27)18(29-21(25)28)13-15-7-5-6-10-17(15)22/h2-10,13H,11-12,14H2,1H3,(H,23,26)/b18-13-. The molecule has 0 spiro atoms. The molecule has 0 radical (unpaired) electrons. The molecular formula is C21H20ClN3O3S. The van der Waals surface area contributed by atoms with Gasteiger partial charge in [-0.05, 0) is 41.6 Å². The largest absolute Gasteiger partial charge is 0.365 e. The summed E-state index contributed by atoms with van der Waals surface area (Å²) in [5, 5.41) is 2.90. The molecule has 1 N–H and O–H groups in total. The lowest BCUT2D eigenvalue weighted by atomic mass is 10.2. The third kappa shape index (κ3) is 5.40. The molecule has 29 heavy (non-hydrogen) atoms. The van der Waals surface area contributed by atoms with E-state index in [1.807, 2.05) is 48.3 Å². The minimum absolute atomic E-state index is 0.116. The highest BCUT2D eigenvalue weighted by atomic mass is 35.5. The summed E-state index contributed by atoms with van der Waals surface area (Å²) in [6, 6.07) is 16.7. The molecule has 1 saturated heterocycles. The Morgan fingerprint density at radius 1 is 1.14 bits per heavy atom. The number of carbonyl (C=O) groups is 3. The Morgan fingerprint density at radius 2 is 1.83 bits per heavy atom. The van der Waals surface area contributed by atoms with Gasteiger partial charge in [0.25, 0.3) is 11.1 Å². The van der Waals surface area contributed by atoms with E-state index in [0.717, 1.165) is 22.3 Å².